The van der Waals surface area contributed by atoms with Crippen LogP contribution in [0.2, 0.25) is 0 Å². The Bertz CT molecular complexity index is 561. The first-order valence-corrected chi connectivity index (χ1v) is 7.34. The van der Waals surface area contributed by atoms with Gasteiger partial charge in [0.15, 0.2) is 0 Å². The third-order valence-corrected chi connectivity index (χ3v) is 4.53. The minimum Gasteiger partial charge on any atom is -0.496 e. The number of methoxy groups -OCH3 is 1. The standard InChI is InChI=1S/C13H14BrFN2OS/c1-18-12-4-2-3-10(15)13(12)11(17-16)6-9-5-8(14)7-19-9/h2-5,7,11,17H,6,16H2,1H3. The van der Waals surface area contributed by atoms with Gasteiger partial charge in [-0.15, -0.1) is 11.3 Å². The van der Waals surface area contributed by atoms with Crippen LogP contribution in [-0.4, -0.2) is 7.11 Å². The second kappa shape index (κ2) is 6.47. The van der Waals surface area contributed by atoms with Crippen LogP contribution in [0.15, 0.2) is 34.1 Å². The van der Waals surface area contributed by atoms with Gasteiger partial charge in [0.2, 0.25) is 0 Å². The molecule has 0 aliphatic carbocycles. The molecule has 1 heterocycles. The van der Waals surface area contributed by atoms with Crippen LogP contribution in [0, 0.1) is 5.82 Å². The third-order valence-electron chi connectivity index (χ3n) is 2.81. The van der Waals surface area contributed by atoms with Crippen LogP contribution in [0.4, 0.5) is 4.39 Å². The van der Waals surface area contributed by atoms with E-state index in [4.69, 9.17) is 10.6 Å². The fourth-order valence-electron chi connectivity index (χ4n) is 1.94. The van der Waals surface area contributed by atoms with E-state index in [1.165, 1.54) is 13.2 Å². The van der Waals surface area contributed by atoms with E-state index in [0.29, 0.717) is 17.7 Å². The molecular weight excluding hydrogens is 331 g/mol. The molecule has 2 aromatic rings. The van der Waals surface area contributed by atoms with Gasteiger partial charge in [0.1, 0.15) is 11.6 Å². The van der Waals surface area contributed by atoms with E-state index in [9.17, 15) is 4.39 Å². The Morgan fingerprint density at radius 3 is 2.89 bits per heavy atom. The Morgan fingerprint density at radius 2 is 2.32 bits per heavy atom. The van der Waals surface area contributed by atoms with Gasteiger partial charge in [0, 0.05) is 26.7 Å². The topological polar surface area (TPSA) is 47.3 Å². The smallest absolute Gasteiger partial charge is 0.131 e. The Balaban J connectivity index is 2.31. The Kier molecular flexibility index (Phi) is 4.93. The lowest BCUT2D eigenvalue weighted by molar-refractivity contribution is 0.390. The van der Waals surface area contributed by atoms with Gasteiger partial charge in [-0.05, 0) is 34.1 Å². The molecule has 0 saturated heterocycles. The average Bonchev–Trinajstić information content (AvgIpc) is 2.81. The van der Waals surface area contributed by atoms with Gasteiger partial charge in [-0.3, -0.25) is 11.3 Å². The van der Waals surface area contributed by atoms with Gasteiger partial charge < -0.3 is 4.74 Å². The fraction of sp³-hybridized carbons (Fsp3) is 0.231. The highest BCUT2D eigenvalue weighted by molar-refractivity contribution is 9.10. The van der Waals surface area contributed by atoms with Crippen LogP contribution in [0.25, 0.3) is 0 Å². The first kappa shape index (κ1) is 14.5. The number of benzene rings is 1. The van der Waals surface area contributed by atoms with E-state index in [1.807, 2.05) is 11.4 Å². The first-order valence-electron chi connectivity index (χ1n) is 5.67. The molecule has 1 aromatic heterocycles. The van der Waals surface area contributed by atoms with Crippen LogP contribution >= 0.6 is 27.3 Å². The maximum Gasteiger partial charge on any atom is 0.131 e. The van der Waals surface area contributed by atoms with E-state index in [1.54, 1.807) is 23.5 Å². The highest BCUT2D eigenvalue weighted by Crippen LogP contribution is 2.31. The lowest BCUT2D eigenvalue weighted by Gasteiger charge is -2.19. The lowest BCUT2D eigenvalue weighted by Crippen LogP contribution is -2.30. The molecule has 1 aromatic carbocycles. The third kappa shape index (κ3) is 3.33. The summed E-state index contributed by atoms with van der Waals surface area (Å²) in [5, 5.41) is 1.99. The van der Waals surface area contributed by atoms with Crippen molar-refractivity contribution in [2.45, 2.75) is 12.5 Å². The Morgan fingerprint density at radius 1 is 1.53 bits per heavy atom. The van der Waals surface area contributed by atoms with Gasteiger partial charge in [-0.2, -0.15) is 0 Å². The molecule has 102 valence electrons. The summed E-state index contributed by atoms with van der Waals surface area (Å²) in [7, 11) is 1.52. The molecule has 19 heavy (non-hydrogen) atoms. The fourth-order valence-corrected chi connectivity index (χ4v) is 3.44. The number of halogens is 2. The van der Waals surface area contributed by atoms with Crippen LogP contribution in [-0.2, 0) is 6.42 Å². The first-order chi connectivity index (χ1) is 9.15. The molecule has 1 atom stereocenters. The van der Waals surface area contributed by atoms with Gasteiger partial charge in [-0.25, -0.2) is 4.39 Å². The van der Waals surface area contributed by atoms with Crippen molar-refractivity contribution in [3.63, 3.8) is 0 Å². The van der Waals surface area contributed by atoms with E-state index < -0.39 is 0 Å². The molecule has 6 heteroatoms. The highest BCUT2D eigenvalue weighted by atomic mass is 79.9. The number of thiophene rings is 1. The minimum atomic E-state index is -0.332. The van der Waals surface area contributed by atoms with Crippen molar-refractivity contribution in [3.05, 3.63) is 50.4 Å². The van der Waals surface area contributed by atoms with Crippen molar-refractivity contribution in [3.8, 4) is 5.75 Å². The monoisotopic (exact) mass is 344 g/mol. The highest BCUT2D eigenvalue weighted by Gasteiger charge is 2.20. The number of nitrogens with two attached hydrogens (primary N) is 1. The number of hydrogen-bond donors (Lipinski definition) is 2. The van der Waals surface area contributed by atoms with Gasteiger partial charge in [0.05, 0.1) is 13.2 Å². The van der Waals surface area contributed by atoms with Crippen LogP contribution in [0.5, 0.6) is 5.75 Å². The maximum atomic E-state index is 14.0. The summed E-state index contributed by atoms with van der Waals surface area (Å²) in [4.78, 5) is 1.11. The molecule has 0 amide bonds. The molecule has 1 unspecified atom stereocenters. The summed E-state index contributed by atoms with van der Waals surface area (Å²) in [6, 6.07) is 6.43. The molecule has 0 fully saturated rings. The Hall–Kier alpha value is -0.950. The zero-order valence-electron chi connectivity index (χ0n) is 10.3. The SMILES string of the molecule is COc1cccc(F)c1C(Cc1cc(Br)cs1)NN. The summed E-state index contributed by atoms with van der Waals surface area (Å²) in [5.74, 6) is 5.75. The number of nitrogens with one attached hydrogen (secondary N) is 1. The molecule has 0 aliphatic rings. The van der Waals surface area contributed by atoms with Gasteiger partial charge >= 0.3 is 0 Å². The zero-order chi connectivity index (χ0) is 13.8. The summed E-state index contributed by atoms with van der Waals surface area (Å²) in [5.41, 5.74) is 3.12. The summed E-state index contributed by atoms with van der Waals surface area (Å²) < 4.78 is 20.2. The lowest BCUT2D eigenvalue weighted by atomic mass is 10.0. The van der Waals surface area contributed by atoms with Crippen molar-refractivity contribution in [2.24, 2.45) is 5.84 Å². The molecule has 0 aliphatic heterocycles. The van der Waals surface area contributed by atoms with Crippen molar-refractivity contribution in [1.29, 1.82) is 0 Å². The van der Waals surface area contributed by atoms with Crippen molar-refractivity contribution < 1.29 is 9.13 Å². The summed E-state index contributed by atoms with van der Waals surface area (Å²) >= 11 is 5.00. The molecule has 0 saturated carbocycles. The van der Waals surface area contributed by atoms with E-state index >= 15 is 0 Å². The molecule has 0 radical (unpaired) electrons. The molecule has 2 rings (SSSR count). The molecule has 3 N–H and O–H groups in total. The van der Waals surface area contributed by atoms with Crippen molar-refractivity contribution >= 4 is 27.3 Å². The molecular formula is C13H14BrFN2OS. The maximum absolute atomic E-state index is 14.0. The van der Waals surface area contributed by atoms with E-state index in [2.05, 4.69) is 21.4 Å². The van der Waals surface area contributed by atoms with Crippen LogP contribution in [0.3, 0.4) is 0 Å². The second-order valence-corrected chi connectivity index (χ2v) is 5.92. The van der Waals surface area contributed by atoms with Crippen LogP contribution in [0.1, 0.15) is 16.5 Å². The van der Waals surface area contributed by atoms with Crippen LogP contribution < -0.4 is 16.0 Å². The van der Waals surface area contributed by atoms with Crippen molar-refractivity contribution in [2.75, 3.05) is 7.11 Å². The van der Waals surface area contributed by atoms with Gasteiger partial charge in [-0.1, -0.05) is 6.07 Å². The predicted molar refractivity (Wildman–Crippen MR) is 78.7 cm³/mol. The minimum absolute atomic E-state index is 0.321. The number of ether oxygens (including phenoxy) is 1. The average molecular weight is 345 g/mol. The molecule has 3 nitrogen and oxygen atoms in total. The number of rotatable bonds is 5. The molecule has 0 spiro atoms. The summed E-state index contributed by atoms with van der Waals surface area (Å²) in [6.45, 7) is 0. The predicted octanol–water partition coefficient (Wildman–Crippen LogP) is 3.41. The van der Waals surface area contributed by atoms with E-state index in [-0.39, 0.29) is 11.9 Å². The van der Waals surface area contributed by atoms with Crippen molar-refractivity contribution in [1.82, 2.24) is 5.43 Å². The quantitative estimate of drug-likeness (QED) is 0.645. The zero-order valence-corrected chi connectivity index (χ0v) is 12.7. The van der Waals surface area contributed by atoms with E-state index in [0.717, 1.165) is 9.35 Å². The second-order valence-electron chi connectivity index (χ2n) is 4.01. The number of hydrogen-bond acceptors (Lipinski definition) is 4. The largest absolute Gasteiger partial charge is 0.496 e. The summed E-state index contributed by atoms with van der Waals surface area (Å²) in [6.07, 6.45) is 0.601. The number of hydrazine groups is 1. The normalized spacial score (nSPS) is 12.4. The van der Waals surface area contributed by atoms with Gasteiger partial charge in [0.25, 0.3) is 0 Å². The Labute approximate surface area is 123 Å². The molecule has 0 bridgehead atoms.